The van der Waals surface area contributed by atoms with Gasteiger partial charge in [-0.1, -0.05) is 86.4 Å². The highest BCUT2D eigenvalue weighted by molar-refractivity contribution is 9.10. The van der Waals surface area contributed by atoms with Gasteiger partial charge in [-0.2, -0.15) is 0 Å². The van der Waals surface area contributed by atoms with Crippen molar-refractivity contribution in [3.8, 4) is 17.2 Å². The maximum absolute atomic E-state index is 13.3. The highest BCUT2D eigenvalue weighted by Crippen LogP contribution is 2.46. The number of aromatic hydroxyl groups is 1. The first-order chi connectivity index (χ1) is 20.6. The molecule has 5 nitrogen and oxygen atoms in total. The second-order valence-electron chi connectivity index (χ2n) is 13.7. The van der Waals surface area contributed by atoms with Gasteiger partial charge in [0.05, 0.1) is 23.7 Å². The number of aliphatic hydroxyl groups is 1. The van der Waals surface area contributed by atoms with E-state index in [2.05, 4.69) is 95.6 Å². The number of benzene rings is 3. The van der Waals surface area contributed by atoms with E-state index in [1.807, 2.05) is 25.1 Å². The minimum atomic E-state index is -1.64. The van der Waals surface area contributed by atoms with Crippen molar-refractivity contribution in [2.45, 2.75) is 110 Å². The summed E-state index contributed by atoms with van der Waals surface area (Å²) >= 11 is 3.40. The maximum Gasteiger partial charge on any atom is 0.144 e. The highest BCUT2D eigenvalue weighted by Gasteiger charge is 2.43. The van der Waals surface area contributed by atoms with E-state index in [1.165, 1.54) is 0 Å². The number of phenolic OH excluding ortho intramolecular Hbond substituents is 1. The molecular formula is C38H52BrNO4. The molecule has 6 heteroatoms. The molecule has 0 aliphatic carbocycles. The largest absolute Gasteiger partial charge is 0.506 e. The van der Waals surface area contributed by atoms with Crippen molar-refractivity contribution in [1.29, 1.82) is 0 Å². The summed E-state index contributed by atoms with van der Waals surface area (Å²) in [6.07, 6.45) is 5.44. The van der Waals surface area contributed by atoms with Crippen LogP contribution in [-0.2, 0) is 16.4 Å². The van der Waals surface area contributed by atoms with Gasteiger partial charge in [-0.15, -0.1) is 0 Å². The Hall–Kier alpha value is -2.83. The predicted octanol–water partition coefficient (Wildman–Crippen LogP) is 9.85. The number of phenols is 1. The fraction of sp³-hybridized carbons (Fsp3) is 0.500. The van der Waals surface area contributed by atoms with Crippen LogP contribution >= 0.6 is 15.9 Å². The molecule has 2 N–H and O–H groups in total. The van der Waals surface area contributed by atoms with E-state index in [-0.39, 0.29) is 16.6 Å². The number of para-hydroxylation sites is 1. The van der Waals surface area contributed by atoms with E-state index in [0.717, 1.165) is 36.8 Å². The lowest BCUT2D eigenvalue weighted by Crippen LogP contribution is -2.39. The molecule has 0 saturated heterocycles. The molecule has 0 amide bonds. The molecule has 1 unspecified atom stereocenters. The first-order valence-corrected chi connectivity index (χ1v) is 16.7. The van der Waals surface area contributed by atoms with Gasteiger partial charge < -0.3 is 19.7 Å². The Morgan fingerprint density at radius 2 is 1.27 bits per heavy atom. The molecule has 240 valence electrons. The average molecular weight is 667 g/mol. The third-order valence-electron chi connectivity index (χ3n) is 8.08. The number of aliphatic imine (C=N–C) groups is 1. The normalized spacial score (nSPS) is 13.3. The van der Waals surface area contributed by atoms with E-state index >= 15 is 0 Å². The Morgan fingerprint density at radius 1 is 0.795 bits per heavy atom. The van der Waals surface area contributed by atoms with Crippen LogP contribution in [0.4, 0.5) is 0 Å². The van der Waals surface area contributed by atoms with Crippen molar-refractivity contribution >= 4 is 22.1 Å². The minimum Gasteiger partial charge on any atom is -0.506 e. The molecular weight excluding hydrogens is 614 g/mol. The SMILES string of the molecule is CCCCOc1ccc(C(C)(C)C)cc1C(O)(c1cc(C(C)(C)C)ccc1OCCCC)C(C)N=Cc1cccc(Br)c1O. The lowest BCUT2D eigenvalue weighted by molar-refractivity contribution is 0.0519. The number of hydrogen-bond donors (Lipinski definition) is 2. The zero-order valence-electron chi connectivity index (χ0n) is 28.1. The Kier molecular flexibility index (Phi) is 12.1. The number of unbranched alkanes of at least 4 members (excludes halogenated alkanes) is 2. The van der Waals surface area contributed by atoms with Crippen LogP contribution in [0.5, 0.6) is 17.2 Å². The standard InChI is InChI=1S/C38H52BrNO4/c1-10-12-21-43-33-19-17-28(36(4,5)6)23-30(33)38(42,26(3)40-25-27-15-14-16-32(39)35(27)41)31-24-29(37(7,8)9)18-20-34(31)44-22-13-11-2/h14-20,23-26,41-42H,10-13,21-22H2,1-9H3. The van der Waals surface area contributed by atoms with Crippen LogP contribution in [-0.4, -0.2) is 35.7 Å². The van der Waals surface area contributed by atoms with Crippen LogP contribution < -0.4 is 9.47 Å². The van der Waals surface area contributed by atoms with Gasteiger partial charge in [-0.25, -0.2) is 0 Å². The van der Waals surface area contributed by atoms with E-state index in [0.29, 0.717) is 45.9 Å². The third kappa shape index (κ3) is 8.45. The van der Waals surface area contributed by atoms with Crippen molar-refractivity contribution in [3.63, 3.8) is 0 Å². The van der Waals surface area contributed by atoms with E-state index in [4.69, 9.17) is 14.5 Å². The molecule has 0 heterocycles. The Morgan fingerprint density at radius 3 is 1.70 bits per heavy atom. The fourth-order valence-electron chi connectivity index (χ4n) is 5.02. The maximum atomic E-state index is 13.3. The van der Waals surface area contributed by atoms with Gasteiger partial charge in [0, 0.05) is 22.9 Å². The molecule has 0 spiro atoms. The summed E-state index contributed by atoms with van der Waals surface area (Å²) in [5.41, 5.74) is 2.04. The predicted molar refractivity (Wildman–Crippen MR) is 187 cm³/mol. The molecule has 1 atom stereocenters. The number of nitrogens with zero attached hydrogens (tertiary/aromatic N) is 1. The molecule has 3 aromatic rings. The van der Waals surface area contributed by atoms with Crippen molar-refractivity contribution < 1.29 is 19.7 Å². The summed E-state index contributed by atoms with van der Waals surface area (Å²) in [6.45, 7) is 20.3. The molecule has 0 aliphatic rings. The molecule has 3 aromatic carbocycles. The van der Waals surface area contributed by atoms with Gasteiger partial charge in [0.15, 0.2) is 0 Å². The Balaban J connectivity index is 2.38. The molecule has 44 heavy (non-hydrogen) atoms. The third-order valence-corrected chi connectivity index (χ3v) is 8.72. The molecule has 3 rings (SSSR count). The van der Waals surface area contributed by atoms with E-state index in [1.54, 1.807) is 18.3 Å². The minimum absolute atomic E-state index is 0.101. The summed E-state index contributed by atoms with van der Waals surface area (Å²) in [6, 6.07) is 17.0. The summed E-state index contributed by atoms with van der Waals surface area (Å²) in [7, 11) is 0. The summed E-state index contributed by atoms with van der Waals surface area (Å²) < 4.78 is 13.4. The number of hydrogen-bond acceptors (Lipinski definition) is 5. The molecule has 0 saturated carbocycles. The van der Waals surface area contributed by atoms with Crippen LogP contribution in [0.3, 0.4) is 0 Å². The smallest absolute Gasteiger partial charge is 0.144 e. The second kappa shape index (κ2) is 15.0. The average Bonchev–Trinajstić information content (AvgIpc) is 2.96. The Labute approximate surface area is 273 Å². The number of rotatable bonds is 13. The molecule has 0 radical (unpaired) electrons. The summed E-state index contributed by atoms with van der Waals surface area (Å²) in [5.74, 6) is 1.35. The van der Waals surface area contributed by atoms with Gasteiger partial charge in [0.1, 0.15) is 22.8 Å². The monoisotopic (exact) mass is 665 g/mol. The molecule has 0 fully saturated rings. The molecule has 0 bridgehead atoms. The molecule has 0 aliphatic heterocycles. The first-order valence-electron chi connectivity index (χ1n) is 15.9. The number of halogens is 1. The lowest BCUT2D eigenvalue weighted by atomic mass is 9.75. The van der Waals surface area contributed by atoms with Crippen molar-refractivity contribution in [1.82, 2.24) is 0 Å². The topological polar surface area (TPSA) is 71.3 Å². The van der Waals surface area contributed by atoms with Crippen LogP contribution in [0.15, 0.2) is 64.1 Å². The van der Waals surface area contributed by atoms with E-state index < -0.39 is 11.6 Å². The van der Waals surface area contributed by atoms with Gasteiger partial charge in [0.2, 0.25) is 0 Å². The van der Waals surface area contributed by atoms with Crippen molar-refractivity contribution in [2.24, 2.45) is 4.99 Å². The van der Waals surface area contributed by atoms with Crippen LogP contribution in [0.1, 0.15) is 116 Å². The van der Waals surface area contributed by atoms with Crippen LogP contribution in [0.2, 0.25) is 0 Å². The Bertz CT molecular complexity index is 1350. The quantitative estimate of drug-likeness (QED) is 0.141. The zero-order chi connectivity index (χ0) is 32.7. The second-order valence-corrected chi connectivity index (χ2v) is 14.6. The fourth-order valence-corrected chi connectivity index (χ4v) is 5.41. The molecule has 0 aromatic heterocycles. The highest BCUT2D eigenvalue weighted by atomic mass is 79.9. The van der Waals surface area contributed by atoms with Gasteiger partial charge in [-0.3, -0.25) is 4.99 Å². The van der Waals surface area contributed by atoms with Crippen LogP contribution in [0, 0.1) is 0 Å². The summed E-state index contributed by atoms with van der Waals surface area (Å²) in [5, 5.41) is 24.0. The summed E-state index contributed by atoms with van der Waals surface area (Å²) in [4.78, 5) is 4.91. The zero-order valence-corrected chi connectivity index (χ0v) is 29.7. The van der Waals surface area contributed by atoms with Gasteiger partial charge >= 0.3 is 0 Å². The van der Waals surface area contributed by atoms with Gasteiger partial charge in [-0.05, 0) is 94.1 Å². The van der Waals surface area contributed by atoms with Crippen molar-refractivity contribution in [3.05, 3.63) is 86.9 Å². The number of ether oxygens (including phenoxy) is 2. The first kappa shape index (κ1) is 35.6. The van der Waals surface area contributed by atoms with Gasteiger partial charge in [0.25, 0.3) is 0 Å². The van der Waals surface area contributed by atoms with Crippen molar-refractivity contribution in [2.75, 3.05) is 13.2 Å². The van der Waals surface area contributed by atoms with Crippen LogP contribution in [0.25, 0.3) is 0 Å². The van der Waals surface area contributed by atoms with E-state index in [9.17, 15) is 10.2 Å². The lowest BCUT2D eigenvalue weighted by Gasteiger charge is -2.37.